The van der Waals surface area contributed by atoms with Crippen LogP contribution in [0.5, 0.6) is 0 Å². The summed E-state index contributed by atoms with van der Waals surface area (Å²) in [6, 6.07) is 0.139. The number of rotatable bonds is 4. The van der Waals surface area contributed by atoms with Gasteiger partial charge in [-0.15, -0.1) is 0 Å². The predicted molar refractivity (Wildman–Crippen MR) is 97.5 cm³/mol. The zero-order chi connectivity index (χ0) is 17.6. The van der Waals surface area contributed by atoms with Gasteiger partial charge in [0.25, 0.3) is 5.91 Å². The highest BCUT2D eigenvalue weighted by Gasteiger charge is 2.25. The number of nitrogens with two attached hydrogens (primary N) is 1. The van der Waals surface area contributed by atoms with E-state index in [2.05, 4.69) is 24.6 Å². The number of aryl methyl sites for hydroxylation is 1. The molecule has 0 saturated carbocycles. The SMILES string of the molecule is CCc1nsc(N[C@H]2CCCCCN(C(=O)c3nccnc3N)C2)n1. The summed E-state index contributed by atoms with van der Waals surface area (Å²) in [5, 5.41) is 4.25. The molecule has 1 saturated heterocycles. The molecule has 134 valence electrons. The van der Waals surface area contributed by atoms with Crippen LogP contribution in [-0.4, -0.2) is 49.3 Å². The van der Waals surface area contributed by atoms with Crippen molar-refractivity contribution >= 4 is 28.4 Å². The molecule has 2 aromatic rings. The molecule has 0 bridgehead atoms. The molecule has 0 radical (unpaired) electrons. The van der Waals surface area contributed by atoms with E-state index in [1.165, 1.54) is 23.9 Å². The highest BCUT2D eigenvalue weighted by atomic mass is 32.1. The molecule has 25 heavy (non-hydrogen) atoms. The van der Waals surface area contributed by atoms with E-state index in [4.69, 9.17) is 5.73 Å². The van der Waals surface area contributed by atoms with Gasteiger partial charge in [0.1, 0.15) is 5.82 Å². The lowest BCUT2D eigenvalue weighted by molar-refractivity contribution is 0.0730. The van der Waals surface area contributed by atoms with Crippen molar-refractivity contribution in [3.8, 4) is 0 Å². The molecule has 0 aliphatic carbocycles. The molecule has 2 aromatic heterocycles. The Balaban J connectivity index is 1.72. The maximum Gasteiger partial charge on any atom is 0.276 e. The number of anilines is 2. The third kappa shape index (κ3) is 4.41. The smallest absolute Gasteiger partial charge is 0.276 e. The van der Waals surface area contributed by atoms with E-state index in [-0.39, 0.29) is 23.5 Å². The van der Waals surface area contributed by atoms with Crippen LogP contribution < -0.4 is 11.1 Å². The fourth-order valence-electron chi connectivity index (χ4n) is 2.92. The van der Waals surface area contributed by atoms with Crippen molar-refractivity contribution in [2.45, 2.75) is 45.1 Å². The second-order valence-corrected chi connectivity index (χ2v) is 6.85. The molecule has 3 rings (SSSR count). The quantitative estimate of drug-likeness (QED) is 0.856. The largest absolute Gasteiger partial charge is 0.382 e. The lowest BCUT2D eigenvalue weighted by Crippen LogP contribution is -2.42. The van der Waals surface area contributed by atoms with Gasteiger partial charge >= 0.3 is 0 Å². The van der Waals surface area contributed by atoms with Gasteiger partial charge < -0.3 is 16.0 Å². The van der Waals surface area contributed by atoms with E-state index >= 15 is 0 Å². The Morgan fingerprint density at radius 2 is 2.20 bits per heavy atom. The Hall–Kier alpha value is -2.29. The minimum absolute atomic E-state index is 0.139. The van der Waals surface area contributed by atoms with Crippen LogP contribution in [0, 0.1) is 0 Å². The van der Waals surface area contributed by atoms with Crippen molar-refractivity contribution < 1.29 is 4.79 Å². The highest BCUT2D eigenvalue weighted by molar-refractivity contribution is 7.09. The van der Waals surface area contributed by atoms with E-state index in [0.29, 0.717) is 13.1 Å². The number of carbonyl (C=O) groups is 1. The Morgan fingerprint density at radius 3 is 2.96 bits per heavy atom. The monoisotopic (exact) mass is 361 g/mol. The molecule has 1 atom stereocenters. The summed E-state index contributed by atoms with van der Waals surface area (Å²) in [6.07, 6.45) is 8.00. The normalized spacial score (nSPS) is 18.4. The van der Waals surface area contributed by atoms with Gasteiger partial charge in [-0.05, 0) is 12.8 Å². The van der Waals surface area contributed by atoms with Gasteiger partial charge in [-0.1, -0.05) is 19.8 Å². The van der Waals surface area contributed by atoms with Gasteiger partial charge in [0, 0.05) is 49.5 Å². The number of likely N-dealkylation sites (tertiary alicyclic amines) is 1. The predicted octanol–water partition coefficient (Wildman–Crippen LogP) is 1.97. The van der Waals surface area contributed by atoms with E-state index in [1.807, 2.05) is 11.8 Å². The highest BCUT2D eigenvalue weighted by Crippen LogP contribution is 2.19. The van der Waals surface area contributed by atoms with E-state index in [9.17, 15) is 4.79 Å². The fraction of sp³-hybridized carbons (Fsp3) is 0.562. The van der Waals surface area contributed by atoms with Crippen molar-refractivity contribution in [1.82, 2.24) is 24.2 Å². The third-order valence-corrected chi connectivity index (χ3v) is 4.93. The Morgan fingerprint density at radius 1 is 1.36 bits per heavy atom. The maximum absolute atomic E-state index is 12.8. The van der Waals surface area contributed by atoms with Crippen LogP contribution in [0.2, 0.25) is 0 Å². The van der Waals surface area contributed by atoms with Gasteiger partial charge in [0.05, 0.1) is 0 Å². The summed E-state index contributed by atoms with van der Waals surface area (Å²) >= 11 is 1.37. The van der Waals surface area contributed by atoms with Gasteiger partial charge in [-0.3, -0.25) is 4.79 Å². The standard InChI is InChI=1S/C16H23N7OS/c1-2-12-21-16(25-22-12)20-11-6-4-3-5-9-23(10-11)15(24)13-14(17)19-8-7-18-13/h7-8,11H,2-6,9-10H2,1H3,(H2,17,19)(H,20,21,22)/t11-/m0/s1. The summed E-state index contributed by atoms with van der Waals surface area (Å²) in [7, 11) is 0. The molecule has 3 N–H and O–H groups in total. The average Bonchev–Trinajstić information content (AvgIpc) is 3.04. The molecular formula is C16H23N7OS. The molecule has 1 aliphatic rings. The lowest BCUT2D eigenvalue weighted by Gasteiger charge is -2.30. The zero-order valence-electron chi connectivity index (χ0n) is 14.3. The summed E-state index contributed by atoms with van der Waals surface area (Å²) in [5.41, 5.74) is 6.05. The Labute approximate surface area is 151 Å². The maximum atomic E-state index is 12.8. The zero-order valence-corrected chi connectivity index (χ0v) is 15.1. The van der Waals surface area contributed by atoms with Gasteiger partial charge in [0.2, 0.25) is 5.13 Å². The van der Waals surface area contributed by atoms with Gasteiger partial charge in [0.15, 0.2) is 11.5 Å². The fourth-order valence-corrected chi connectivity index (χ4v) is 3.64. The van der Waals surface area contributed by atoms with Crippen molar-refractivity contribution in [2.24, 2.45) is 0 Å². The number of nitrogens with one attached hydrogen (secondary N) is 1. The molecule has 1 aliphatic heterocycles. The molecule has 3 heterocycles. The molecule has 8 nitrogen and oxygen atoms in total. The first kappa shape index (κ1) is 17.5. The van der Waals surface area contributed by atoms with Crippen molar-refractivity contribution in [3.05, 3.63) is 23.9 Å². The first-order valence-electron chi connectivity index (χ1n) is 8.62. The number of aromatic nitrogens is 4. The van der Waals surface area contributed by atoms with Crippen molar-refractivity contribution in [2.75, 3.05) is 24.1 Å². The lowest BCUT2D eigenvalue weighted by atomic mass is 10.0. The average molecular weight is 361 g/mol. The van der Waals surface area contributed by atoms with Gasteiger partial charge in [-0.25, -0.2) is 15.0 Å². The number of amides is 1. The second kappa shape index (κ2) is 8.19. The van der Waals surface area contributed by atoms with Crippen LogP contribution in [0.15, 0.2) is 12.4 Å². The molecule has 1 fully saturated rings. The van der Waals surface area contributed by atoms with Crippen LogP contribution in [-0.2, 0) is 6.42 Å². The topological polar surface area (TPSA) is 110 Å². The summed E-state index contributed by atoms with van der Waals surface area (Å²) in [5.74, 6) is 0.861. The molecular weight excluding hydrogens is 338 g/mol. The Bertz CT molecular complexity index is 720. The van der Waals surface area contributed by atoms with Crippen LogP contribution in [0.3, 0.4) is 0 Å². The van der Waals surface area contributed by atoms with Gasteiger partial charge in [-0.2, -0.15) is 4.37 Å². The number of nitrogens with zero attached hydrogens (tertiary/aromatic N) is 5. The minimum atomic E-state index is -0.161. The molecule has 1 amide bonds. The number of carbonyl (C=O) groups excluding carboxylic acids is 1. The molecule has 0 unspecified atom stereocenters. The number of hydrogen-bond acceptors (Lipinski definition) is 8. The number of nitrogen functional groups attached to an aromatic ring is 1. The molecule has 0 aromatic carbocycles. The van der Waals surface area contributed by atoms with E-state index in [0.717, 1.165) is 43.1 Å². The van der Waals surface area contributed by atoms with Crippen molar-refractivity contribution in [1.29, 1.82) is 0 Å². The van der Waals surface area contributed by atoms with E-state index in [1.54, 1.807) is 0 Å². The Kier molecular flexibility index (Phi) is 5.75. The minimum Gasteiger partial charge on any atom is -0.382 e. The molecule has 0 spiro atoms. The van der Waals surface area contributed by atoms with Crippen LogP contribution >= 0.6 is 11.5 Å². The van der Waals surface area contributed by atoms with E-state index < -0.39 is 0 Å². The molecule has 9 heteroatoms. The second-order valence-electron chi connectivity index (χ2n) is 6.10. The van der Waals surface area contributed by atoms with Crippen molar-refractivity contribution in [3.63, 3.8) is 0 Å². The summed E-state index contributed by atoms with van der Waals surface area (Å²) < 4.78 is 4.31. The third-order valence-electron chi connectivity index (χ3n) is 4.25. The van der Waals surface area contributed by atoms with Crippen LogP contribution in [0.1, 0.15) is 48.9 Å². The first-order chi connectivity index (χ1) is 12.2. The first-order valence-corrected chi connectivity index (χ1v) is 9.39. The summed E-state index contributed by atoms with van der Waals surface area (Å²) in [6.45, 7) is 3.33. The van der Waals surface area contributed by atoms with Crippen LogP contribution in [0.25, 0.3) is 0 Å². The number of hydrogen-bond donors (Lipinski definition) is 2. The van der Waals surface area contributed by atoms with Crippen LogP contribution in [0.4, 0.5) is 10.9 Å². The summed E-state index contributed by atoms with van der Waals surface area (Å²) in [4.78, 5) is 27.2.